The van der Waals surface area contributed by atoms with E-state index < -0.39 is 17.8 Å². The third-order valence-electron chi connectivity index (χ3n) is 4.03. The number of amides is 2. The lowest BCUT2D eigenvalue weighted by Gasteiger charge is -2.29. The zero-order valence-electron chi connectivity index (χ0n) is 15.1. The summed E-state index contributed by atoms with van der Waals surface area (Å²) in [5.41, 5.74) is 2.54. The fourth-order valence-corrected chi connectivity index (χ4v) is 2.80. The second-order valence-corrected chi connectivity index (χ2v) is 7.31. The number of nitrogens with one attached hydrogen (secondary N) is 1. The summed E-state index contributed by atoms with van der Waals surface area (Å²) in [7, 11) is 0. The molecule has 0 saturated carbocycles. The first kappa shape index (κ1) is 18.5. The van der Waals surface area contributed by atoms with Gasteiger partial charge in [-0.05, 0) is 26.3 Å². The standard InChI is InChI=1S/C18H24N2O6/c1-18(2,3)26-17(22)20-9-14-15(25-14)13(20)11-24-19-16(21)23-10-12-7-5-4-6-8-12/h4-8,13-15H,9-11H2,1-3H3,(H,19,21)/t13-,14-,15+/m1/s1. The van der Waals surface area contributed by atoms with Crippen molar-refractivity contribution in [2.75, 3.05) is 13.2 Å². The molecule has 0 radical (unpaired) electrons. The summed E-state index contributed by atoms with van der Waals surface area (Å²) >= 11 is 0. The topological polar surface area (TPSA) is 89.6 Å². The molecular weight excluding hydrogens is 340 g/mol. The second kappa shape index (κ2) is 7.51. The van der Waals surface area contributed by atoms with Gasteiger partial charge in [0, 0.05) is 0 Å². The van der Waals surface area contributed by atoms with E-state index in [0.717, 1.165) is 5.56 Å². The van der Waals surface area contributed by atoms with Gasteiger partial charge >= 0.3 is 12.2 Å². The van der Waals surface area contributed by atoms with Crippen molar-refractivity contribution in [2.24, 2.45) is 0 Å². The Bertz CT molecular complexity index is 645. The Morgan fingerprint density at radius 2 is 2.00 bits per heavy atom. The highest BCUT2D eigenvalue weighted by atomic mass is 16.7. The molecule has 0 bridgehead atoms. The zero-order chi connectivity index (χ0) is 18.7. The number of hydrogen-bond acceptors (Lipinski definition) is 6. The number of morpholine rings is 1. The van der Waals surface area contributed by atoms with Crippen LogP contribution in [0.2, 0.25) is 0 Å². The first-order valence-electron chi connectivity index (χ1n) is 8.57. The summed E-state index contributed by atoms with van der Waals surface area (Å²) in [4.78, 5) is 30.8. The van der Waals surface area contributed by atoms with E-state index in [4.69, 9.17) is 19.0 Å². The summed E-state index contributed by atoms with van der Waals surface area (Å²) in [5, 5.41) is 0. The lowest BCUT2D eigenvalue weighted by Crippen LogP contribution is -2.46. The number of ether oxygens (including phenoxy) is 3. The Morgan fingerprint density at radius 3 is 2.69 bits per heavy atom. The third kappa shape index (κ3) is 4.86. The highest BCUT2D eigenvalue weighted by molar-refractivity contribution is 5.69. The molecule has 1 aromatic carbocycles. The van der Waals surface area contributed by atoms with E-state index >= 15 is 0 Å². The number of fused-ring (bicyclic) bond motifs is 1. The molecule has 2 fully saturated rings. The van der Waals surface area contributed by atoms with Gasteiger partial charge in [0.25, 0.3) is 0 Å². The van der Waals surface area contributed by atoms with E-state index in [-0.39, 0.29) is 31.5 Å². The molecule has 2 heterocycles. The molecule has 0 spiro atoms. The Morgan fingerprint density at radius 1 is 1.27 bits per heavy atom. The minimum absolute atomic E-state index is 0.0150. The molecule has 1 aromatic rings. The number of benzene rings is 1. The highest BCUT2D eigenvalue weighted by Gasteiger charge is 2.57. The first-order chi connectivity index (χ1) is 12.3. The van der Waals surface area contributed by atoms with Gasteiger partial charge in [-0.25, -0.2) is 9.59 Å². The average Bonchev–Trinajstić information content (AvgIpc) is 3.26. The quantitative estimate of drug-likeness (QED) is 0.637. The molecule has 2 amide bonds. The summed E-state index contributed by atoms with van der Waals surface area (Å²) < 4.78 is 15.9. The van der Waals surface area contributed by atoms with Gasteiger partial charge in [0.05, 0.1) is 19.2 Å². The average molecular weight is 364 g/mol. The normalized spacial score (nSPS) is 24.0. The number of nitrogens with zero attached hydrogens (tertiary/aromatic N) is 1. The van der Waals surface area contributed by atoms with Crippen LogP contribution in [-0.4, -0.2) is 54.1 Å². The Hall–Kier alpha value is -2.32. The smallest absolute Gasteiger partial charge is 0.431 e. The monoisotopic (exact) mass is 364 g/mol. The number of carbonyl (C=O) groups excluding carboxylic acids is 2. The van der Waals surface area contributed by atoms with Crippen molar-refractivity contribution >= 4 is 12.2 Å². The first-order valence-corrected chi connectivity index (χ1v) is 8.57. The summed E-state index contributed by atoms with van der Waals surface area (Å²) in [6, 6.07) is 9.03. The number of rotatable bonds is 5. The SMILES string of the molecule is CC(C)(C)OC(=O)N1C[C@H]2O[C@H]2[C@H]1CONC(=O)OCc1ccccc1. The van der Waals surface area contributed by atoms with Gasteiger partial charge in [-0.3, -0.25) is 9.74 Å². The van der Waals surface area contributed by atoms with Crippen LogP contribution in [0.25, 0.3) is 0 Å². The van der Waals surface area contributed by atoms with E-state index in [2.05, 4.69) is 5.48 Å². The predicted molar refractivity (Wildman–Crippen MR) is 91.1 cm³/mol. The van der Waals surface area contributed by atoms with Crippen LogP contribution in [0.3, 0.4) is 0 Å². The highest BCUT2D eigenvalue weighted by Crippen LogP contribution is 2.37. The Balaban J connectivity index is 1.41. The lowest BCUT2D eigenvalue weighted by molar-refractivity contribution is -0.0253. The summed E-state index contributed by atoms with van der Waals surface area (Å²) in [6.07, 6.45) is -1.16. The van der Waals surface area contributed by atoms with Crippen LogP contribution in [0.1, 0.15) is 26.3 Å². The maximum absolute atomic E-state index is 12.3. The van der Waals surface area contributed by atoms with Crippen LogP contribution in [0, 0.1) is 0 Å². The fourth-order valence-electron chi connectivity index (χ4n) is 2.80. The molecule has 2 aliphatic heterocycles. The van der Waals surface area contributed by atoms with Crippen LogP contribution >= 0.6 is 0 Å². The molecule has 26 heavy (non-hydrogen) atoms. The van der Waals surface area contributed by atoms with E-state index in [1.54, 1.807) is 4.90 Å². The molecule has 3 rings (SSSR count). The van der Waals surface area contributed by atoms with Gasteiger partial charge in [0.15, 0.2) is 0 Å². The van der Waals surface area contributed by atoms with Crippen molar-refractivity contribution in [1.29, 1.82) is 0 Å². The van der Waals surface area contributed by atoms with E-state index in [9.17, 15) is 9.59 Å². The number of hydroxylamine groups is 1. The second-order valence-electron chi connectivity index (χ2n) is 7.31. The fraction of sp³-hybridized carbons (Fsp3) is 0.556. The zero-order valence-corrected chi connectivity index (χ0v) is 15.1. The largest absolute Gasteiger partial charge is 0.444 e. The number of hydrogen-bond donors (Lipinski definition) is 1. The predicted octanol–water partition coefficient (Wildman–Crippen LogP) is 2.23. The van der Waals surface area contributed by atoms with E-state index in [1.807, 2.05) is 51.1 Å². The minimum atomic E-state index is -0.691. The Labute approximate surface area is 152 Å². The third-order valence-corrected chi connectivity index (χ3v) is 4.03. The lowest BCUT2D eigenvalue weighted by atomic mass is 10.2. The van der Waals surface area contributed by atoms with Crippen molar-refractivity contribution in [2.45, 2.75) is 51.2 Å². The number of likely N-dealkylation sites (tertiary alicyclic amines) is 1. The Kier molecular flexibility index (Phi) is 5.33. The molecule has 2 aliphatic rings. The molecular formula is C18H24N2O6. The number of carbonyl (C=O) groups is 2. The van der Waals surface area contributed by atoms with Crippen molar-refractivity contribution in [3.63, 3.8) is 0 Å². The van der Waals surface area contributed by atoms with Crippen LogP contribution in [-0.2, 0) is 25.7 Å². The van der Waals surface area contributed by atoms with E-state index in [1.165, 1.54) is 0 Å². The molecule has 8 nitrogen and oxygen atoms in total. The molecule has 3 atom stereocenters. The van der Waals surface area contributed by atoms with Gasteiger partial charge in [0.2, 0.25) is 0 Å². The minimum Gasteiger partial charge on any atom is -0.444 e. The molecule has 0 unspecified atom stereocenters. The van der Waals surface area contributed by atoms with Crippen molar-refractivity contribution in [3.8, 4) is 0 Å². The van der Waals surface area contributed by atoms with Crippen LogP contribution in [0.15, 0.2) is 30.3 Å². The molecule has 142 valence electrons. The van der Waals surface area contributed by atoms with Gasteiger partial charge in [-0.2, -0.15) is 5.48 Å². The van der Waals surface area contributed by atoms with Crippen molar-refractivity contribution in [1.82, 2.24) is 10.4 Å². The molecule has 8 heteroatoms. The summed E-state index contributed by atoms with van der Waals surface area (Å²) in [6.45, 7) is 6.15. The maximum atomic E-state index is 12.3. The maximum Gasteiger partial charge on any atom is 0.431 e. The van der Waals surface area contributed by atoms with Crippen molar-refractivity contribution in [3.05, 3.63) is 35.9 Å². The molecule has 0 aromatic heterocycles. The van der Waals surface area contributed by atoms with Crippen LogP contribution < -0.4 is 5.48 Å². The van der Waals surface area contributed by atoms with Gasteiger partial charge in [-0.15, -0.1) is 0 Å². The molecule has 0 aliphatic carbocycles. The molecule has 2 saturated heterocycles. The van der Waals surface area contributed by atoms with Gasteiger partial charge in [0.1, 0.15) is 24.4 Å². The van der Waals surface area contributed by atoms with Crippen molar-refractivity contribution < 1.29 is 28.6 Å². The van der Waals surface area contributed by atoms with Crippen LogP contribution in [0.5, 0.6) is 0 Å². The summed E-state index contributed by atoms with van der Waals surface area (Å²) in [5.74, 6) is 0. The van der Waals surface area contributed by atoms with Gasteiger partial charge < -0.3 is 14.2 Å². The van der Waals surface area contributed by atoms with Gasteiger partial charge in [-0.1, -0.05) is 30.3 Å². The van der Waals surface area contributed by atoms with E-state index in [0.29, 0.717) is 6.54 Å². The van der Waals surface area contributed by atoms with Crippen LogP contribution in [0.4, 0.5) is 9.59 Å². The molecule has 1 N–H and O–H groups in total. The number of epoxide rings is 1.